The predicted octanol–water partition coefficient (Wildman–Crippen LogP) is 1.83. The minimum absolute atomic E-state index is 0.415. The summed E-state index contributed by atoms with van der Waals surface area (Å²) in [6.45, 7) is 2.18. The molecule has 18 heavy (non-hydrogen) atoms. The fourth-order valence-electron chi connectivity index (χ4n) is 2.45. The number of fused-ring (bicyclic) bond motifs is 1. The molecule has 0 saturated carbocycles. The van der Waals surface area contributed by atoms with Gasteiger partial charge in [0.2, 0.25) is 0 Å². The van der Waals surface area contributed by atoms with Crippen LogP contribution in [0.3, 0.4) is 0 Å². The van der Waals surface area contributed by atoms with Crippen molar-refractivity contribution in [2.75, 3.05) is 20.1 Å². The number of piperidine rings is 1. The molecule has 2 aromatic rings. The Kier molecular flexibility index (Phi) is 2.95. The average Bonchev–Trinajstić information content (AvgIpc) is 2.73. The smallest absolute Gasteiger partial charge is 0.162 e. The Labute approximate surface area is 111 Å². The molecule has 0 unspecified atom stereocenters. The molecular weight excluding hydrogens is 250 g/mol. The molecule has 1 fully saturated rings. The van der Waals surface area contributed by atoms with E-state index in [9.17, 15) is 0 Å². The number of aromatic nitrogens is 4. The summed E-state index contributed by atoms with van der Waals surface area (Å²) in [5.74, 6) is 1.28. The highest BCUT2D eigenvalue weighted by molar-refractivity contribution is 6.33. The highest BCUT2D eigenvalue weighted by Crippen LogP contribution is 2.28. The van der Waals surface area contributed by atoms with Crippen LogP contribution in [0.4, 0.5) is 0 Å². The summed E-state index contributed by atoms with van der Waals surface area (Å²) in [7, 11) is 4.03. The highest BCUT2D eigenvalue weighted by atomic mass is 35.5. The topological polar surface area (TPSA) is 46.8 Å². The van der Waals surface area contributed by atoms with Crippen molar-refractivity contribution in [2.45, 2.75) is 18.8 Å². The minimum Gasteiger partial charge on any atom is -0.306 e. The first kappa shape index (κ1) is 11.9. The number of hydrogen-bond donors (Lipinski definition) is 0. The minimum atomic E-state index is 0.415. The fraction of sp³-hybridized carbons (Fsp3) is 0.583. The monoisotopic (exact) mass is 265 g/mol. The third-order valence-electron chi connectivity index (χ3n) is 3.65. The maximum atomic E-state index is 6.21. The van der Waals surface area contributed by atoms with Crippen LogP contribution in [0.1, 0.15) is 24.6 Å². The van der Waals surface area contributed by atoms with E-state index in [2.05, 4.69) is 27.0 Å². The van der Waals surface area contributed by atoms with Gasteiger partial charge in [-0.05, 0) is 33.0 Å². The molecule has 6 heteroatoms. The number of aryl methyl sites for hydroxylation is 1. The molecule has 96 valence electrons. The van der Waals surface area contributed by atoms with Crippen molar-refractivity contribution >= 4 is 22.6 Å². The molecule has 0 aromatic carbocycles. The zero-order chi connectivity index (χ0) is 12.7. The van der Waals surface area contributed by atoms with Gasteiger partial charge in [-0.3, -0.25) is 4.68 Å². The molecule has 1 aliphatic rings. The second-order valence-corrected chi connectivity index (χ2v) is 5.31. The van der Waals surface area contributed by atoms with E-state index in [1.807, 2.05) is 7.05 Å². The van der Waals surface area contributed by atoms with Gasteiger partial charge in [0.1, 0.15) is 11.0 Å². The van der Waals surface area contributed by atoms with Crippen LogP contribution in [0, 0.1) is 0 Å². The Hall–Kier alpha value is -1.20. The Morgan fingerprint density at radius 2 is 1.94 bits per heavy atom. The molecule has 0 spiro atoms. The zero-order valence-electron chi connectivity index (χ0n) is 10.6. The van der Waals surface area contributed by atoms with E-state index in [1.54, 1.807) is 10.9 Å². The van der Waals surface area contributed by atoms with Gasteiger partial charge >= 0.3 is 0 Å². The third-order valence-corrected chi connectivity index (χ3v) is 3.93. The van der Waals surface area contributed by atoms with E-state index < -0.39 is 0 Å². The van der Waals surface area contributed by atoms with Crippen LogP contribution in [-0.2, 0) is 7.05 Å². The van der Waals surface area contributed by atoms with Crippen molar-refractivity contribution in [3.63, 3.8) is 0 Å². The van der Waals surface area contributed by atoms with Crippen molar-refractivity contribution in [3.8, 4) is 0 Å². The summed E-state index contributed by atoms with van der Waals surface area (Å²) >= 11 is 6.21. The molecule has 0 radical (unpaired) electrons. The van der Waals surface area contributed by atoms with E-state index in [4.69, 9.17) is 11.6 Å². The second kappa shape index (κ2) is 4.48. The van der Waals surface area contributed by atoms with Gasteiger partial charge in [0.15, 0.2) is 5.65 Å². The summed E-state index contributed by atoms with van der Waals surface area (Å²) < 4.78 is 1.75. The van der Waals surface area contributed by atoms with Gasteiger partial charge in [-0.1, -0.05) is 11.6 Å². The highest BCUT2D eigenvalue weighted by Gasteiger charge is 2.22. The largest absolute Gasteiger partial charge is 0.306 e. The van der Waals surface area contributed by atoms with Crippen LogP contribution >= 0.6 is 11.6 Å². The summed E-state index contributed by atoms with van der Waals surface area (Å²) in [6, 6.07) is 0. The van der Waals surface area contributed by atoms with E-state index in [-0.39, 0.29) is 0 Å². The lowest BCUT2D eigenvalue weighted by Crippen LogP contribution is -2.30. The van der Waals surface area contributed by atoms with Crippen LogP contribution in [0.25, 0.3) is 11.0 Å². The molecule has 3 heterocycles. The molecule has 5 nitrogen and oxygen atoms in total. The van der Waals surface area contributed by atoms with Gasteiger partial charge in [-0.2, -0.15) is 5.10 Å². The lowest BCUT2D eigenvalue weighted by Gasteiger charge is -2.27. The summed E-state index contributed by atoms with van der Waals surface area (Å²) in [4.78, 5) is 11.4. The van der Waals surface area contributed by atoms with Crippen LogP contribution in [0.15, 0.2) is 6.20 Å². The Bertz CT molecular complexity index is 571. The van der Waals surface area contributed by atoms with Crippen LogP contribution in [-0.4, -0.2) is 44.8 Å². The van der Waals surface area contributed by atoms with E-state index in [0.717, 1.165) is 42.8 Å². The van der Waals surface area contributed by atoms with Crippen LogP contribution in [0.2, 0.25) is 5.15 Å². The summed E-state index contributed by atoms with van der Waals surface area (Å²) in [5.41, 5.74) is 0.823. The normalized spacial score (nSPS) is 18.6. The zero-order valence-corrected chi connectivity index (χ0v) is 11.4. The summed E-state index contributed by atoms with van der Waals surface area (Å²) in [6.07, 6.45) is 3.91. The van der Waals surface area contributed by atoms with Gasteiger partial charge in [0, 0.05) is 13.0 Å². The molecule has 0 atom stereocenters. The molecule has 0 aliphatic carbocycles. The van der Waals surface area contributed by atoms with Crippen molar-refractivity contribution in [3.05, 3.63) is 17.2 Å². The van der Waals surface area contributed by atoms with Crippen molar-refractivity contribution < 1.29 is 0 Å². The number of nitrogens with zero attached hydrogens (tertiary/aromatic N) is 5. The number of likely N-dealkylation sites (tertiary alicyclic amines) is 1. The molecule has 1 saturated heterocycles. The molecule has 0 N–H and O–H groups in total. The first-order chi connectivity index (χ1) is 8.65. The van der Waals surface area contributed by atoms with E-state index >= 15 is 0 Å². The summed E-state index contributed by atoms with van der Waals surface area (Å²) in [5, 5.41) is 5.52. The maximum Gasteiger partial charge on any atom is 0.162 e. The number of halogens is 1. The second-order valence-electron chi connectivity index (χ2n) is 4.96. The Morgan fingerprint density at radius 3 is 2.67 bits per heavy atom. The van der Waals surface area contributed by atoms with Gasteiger partial charge in [0.25, 0.3) is 0 Å². The molecular formula is C12H16ClN5. The molecule has 3 rings (SSSR count). The van der Waals surface area contributed by atoms with Crippen molar-refractivity contribution in [2.24, 2.45) is 7.05 Å². The Morgan fingerprint density at radius 1 is 1.22 bits per heavy atom. The van der Waals surface area contributed by atoms with Crippen molar-refractivity contribution in [1.82, 2.24) is 24.6 Å². The van der Waals surface area contributed by atoms with Gasteiger partial charge < -0.3 is 4.90 Å². The quantitative estimate of drug-likeness (QED) is 0.738. The third kappa shape index (κ3) is 1.97. The van der Waals surface area contributed by atoms with Crippen LogP contribution in [0.5, 0.6) is 0 Å². The number of hydrogen-bond acceptors (Lipinski definition) is 4. The Balaban J connectivity index is 1.99. The molecule has 0 bridgehead atoms. The number of rotatable bonds is 1. The lowest BCUT2D eigenvalue weighted by molar-refractivity contribution is 0.251. The first-order valence-electron chi connectivity index (χ1n) is 6.19. The predicted molar refractivity (Wildman–Crippen MR) is 70.8 cm³/mol. The van der Waals surface area contributed by atoms with Crippen molar-refractivity contribution in [1.29, 1.82) is 0 Å². The first-order valence-corrected chi connectivity index (χ1v) is 6.56. The van der Waals surface area contributed by atoms with Gasteiger partial charge in [-0.25, -0.2) is 9.97 Å². The average molecular weight is 266 g/mol. The molecule has 1 aliphatic heterocycles. The maximum absolute atomic E-state index is 6.21. The van der Waals surface area contributed by atoms with E-state index in [0.29, 0.717) is 11.1 Å². The van der Waals surface area contributed by atoms with E-state index in [1.165, 1.54) is 0 Å². The van der Waals surface area contributed by atoms with Gasteiger partial charge in [0.05, 0.1) is 11.6 Å². The molecule has 0 amide bonds. The fourth-order valence-corrected chi connectivity index (χ4v) is 2.67. The SMILES string of the molecule is CN1CCC(c2nc(Cl)c3cnn(C)c3n2)CC1. The van der Waals surface area contributed by atoms with Crippen LogP contribution < -0.4 is 0 Å². The lowest BCUT2D eigenvalue weighted by atomic mass is 9.96. The molecule has 2 aromatic heterocycles. The standard InChI is InChI=1S/C12H16ClN5/c1-17-5-3-8(4-6-17)11-15-10(13)9-7-14-18(2)12(9)16-11/h7-8H,3-6H2,1-2H3. The van der Waals surface area contributed by atoms with Gasteiger partial charge in [-0.15, -0.1) is 0 Å².